The summed E-state index contributed by atoms with van der Waals surface area (Å²) in [5.41, 5.74) is 3.91. The Hall–Kier alpha value is -2.15. The van der Waals surface area contributed by atoms with Crippen LogP contribution in [-0.4, -0.2) is 6.29 Å². The first-order chi connectivity index (χ1) is 8.29. The van der Waals surface area contributed by atoms with Gasteiger partial charge in [-0.3, -0.25) is 4.79 Å². The third kappa shape index (κ3) is 2.91. The topological polar surface area (TPSA) is 17.1 Å². The van der Waals surface area contributed by atoms with Gasteiger partial charge in [-0.25, -0.2) is 0 Å². The lowest BCUT2D eigenvalue weighted by molar-refractivity contribution is -0.103. The summed E-state index contributed by atoms with van der Waals surface area (Å²) >= 11 is 0. The van der Waals surface area contributed by atoms with Crippen LogP contribution in [0.1, 0.15) is 16.7 Å². The molecule has 1 nitrogen and oxygen atoms in total. The van der Waals surface area contributed by atoms with Crippen LogP contribution in [0.5, 0.6) is 0 Å². The zero-order valence-corrected chi connectivity index (χ0v) is 9.76. The van der Waals surface area contributed by atoms with E-state index in [0.717, 1.165) is 17.4 Å². The predicted molar refractivity (Wildman–Crippen MR) is 71.6 cm³/mol. The van der Waals surface area contributed by atoms with E-state index in [2.05, 4.69) is 0 Å². The first kappa shape index (κ1) is 11.3. The molecule has 2 aromatic carbocycles. The Balaban J connectivity index is 2.36. The number of allylic oxidation sites excluding steroid dienone is 1. The molecule has 0 spiro atoms. The second-order valence-electron chi connectivity index (χ2n) is 3.99. The highest BCUT2D eigenvalue weighted by Gasteiger charge is 1.99. The van der Waals surface area contributed by atoms with Crippen LogP contribution in [0.25, 0.3) is 11.6 Å². The molecule has 17 heavy (non-hydrogen) atoms. The molecule has 0 N–H and O–H groups in total. The van der Waals surface area contributed by atoms with Crippen molar-refractivity contribution < 1.29 is 4.79 Å². The first-order valence-corrected chi connectivity index (χ1v) is 5.58. The van der Waals surface area contributed by atoms with E-state index in [9.17, 15) is 4.79 Å². The number of carbonyl (C=O) groups excluding carboxylic acids is 1. The lowest BCUT2D eigenvalue weighted by Crippen LogP contribution is -1.85. The Morgan fingerprint density at radius 1 is 0.941 bits per heavy atom. The highest BCUT2D eigenvalue weighted by molar-refractivity contribution is 6.13. The van der Waals surface area contributed by atoms with Crippen molar-refractivity contribution in [2.24, 2.45) is 0 Å². The van der Waals surface area contributed by atoms with Gasteiger partial charge >= 0.3 is 0 Å². The van der Waals surface area contributed by atoms with Gasteiger partial charge in [0.25, 0.3) is 0 Å². The average Bonchev–Trinajstić information content (AvgIpc) is 2.39. The van der Waals surface area contributed by atoms with Crippen molar-refractivity contribution >= 4 is 17.9 Å². The summed E-state index contributed by atoms with van der Waals surface area (Å²) in [4.78, 5) is 11.1. The molecule has 0 heterocycles. The molecular formula is C16H14O. The quantitative estimate of drug-likeness (QED) is 0.439. The van der Waals surface area contributed by atoms with Gasteiger partial charge in [-0.2, -0.15) is 0 Å². The van der Waals surface area contributed by atoms with Crippen molar-refractivity contribution in [3.05, 3.63) is 71.3 Å². The Morgan fingerprint density at radius 2 is 1.59 bits per heavy atom. The van der Waals surface area contributed by atoms with Gasteiger partial charge in [-0.15, -0.1) is 0 Å². The van der Waals surface area contributed by atoms with Crippen molar-refractivity contribution in [3.8, 4) is 0 Å². The van der Waals surface area contributed by atoms with Crippen LogP contribution >= 0.6 is 0 Å². The maximum Gasteiger partial charge on any atom is 0.150 e. The summed E-state index contributed by atoms with van der Waals surface area (Å²) in [5, 5.41) is 0. The number of hydrogen-bond acceptors (Lipinski definition) is 1. The molecule has 0 amide bonds. The minimum Gasteiger partial charge on any atom is -0.298 e. The second-order valence-corrected chi connectivity index (χ2v) is 3.99. The number of aldehydes is 1. The Labute approximate surface area is 101 Å². The maximum atomic E-state index is 11.1. The van der Waals surface area contributed by atoms with Crippen LogP contribution in [0.3, 0.4) is 0 Å². The highest BCUT2D eigenvalue weighted by Crippen LogP contribution is 2.16. The van der Waals surface area contributed by atoms with Gasteiger partial charge in [0, 0.05) is 5.57 Å². The molecule has 0 radical (unpaired) electrons. The predicted octanol–water partition coefficient (Wildman–Crippen LogP) is 3.73. The number of aryl methyl sites for hydroxylation is 1. The molecule has 0 atom stereocenters. The van der Waals surface area contributed by atoms with Crippen LogP contribution in [0.4, 0.5) is 0 Å². The standard InChI is InChI=1S/C16H14O/c1-13-7-9-14(10-8-13)11-16(12-17)15-5-3-2-4-6-15/h2-12H,1H3. The number of benzene rings is 2. The minimum atomic E-state index is 0.703. The second kappa shape index (κ2) is 5.26. The van der Waals surface area contributed by atoms with E-state index in [1.807, 2.05) is 67.6 Å². The zero-order valence-electron chi connectivity index (χ0n) is 9.76. The van der Waals surface area contributed by atoms with Crippen LogP contribution in [0.15, 0.2) is 54.6 Å². The number of rotatable bonds is 3. The monoisotopic (exact) mass is 222 g/mol. The summed E-state index contributed by atoms with van der Waals surface area (Å²) in [6.07, 6.45) is 2.80. The van der Waals surface area contributed by atoms with Crippen LogP contribution in [-0.2, 0) is 4.79 Å². The Morgan fingerprint density at radius 3 is 2.18 bits per heavy atom. The van der Waals surface area contributed by atoms with Gasteiger partial charge in [0.05, 0.1) is 0 Å². The fraction of sp³-hybridized carbons (Fsp3) is 0.0625. The highest BCUT2D eigenvalue weighted by atomic mass is 16.1. The van der Waals surface area contributed by atoms with E-state index in [-0.39, 0.29) is 0 Å². The minimum absolute atomic E-state index is 0.703. The van der Waals surface area contributed by atoms with Gasteiger partial charge < -0.3 is 0 Å². The first-order valence-electron chi connectivity index (χ1n) is 5.58. The van der Waals surface area contributed by atoms with E-state index in [4.69, 9.17) is 0 Å². The fourth-order valence-corrected chi connectivity index (χ4v) is 1.66. The molecule has 0 fully saturated rings. The molecule has 0 saturated carbocycles. The van der Waals surface area contributed by atoms with Crippen molar-refractivity contribution in [1.29, 1.82) is 0 Å². The molecular weight excluding hydrogens is 208 g/mol. The molecule has 0 aliphatic carbocycles. The number of hydrogen-bond donors (Lipinski definition) is 0. The summed E-state index contributed by atoms with van der Waals surface area (Å²) in [7, 11) is 0. The van der Waals surface area contributed by atoms with Gasteiger partial charge in [-0.1, -0.05) is 60.2 Å². The molecule has 0 saturated heterocycles. The van der Waals surface area contributed by atoms with Crippen molar-refractivity contribution in [2.45, 2.75) is 6.92 Å². The third-order valence-electron chi connectivity index (χ3n) is 2.63. The summed E-state index contributed by atoms with van der Waals surface area (Å²) < 4.78 is 0. The smallest absolute Gasteiger partial charge is 0.150 e. The summed E-state index contributed by atoms with van der Waals surface area (Å²) in [6.45, 7) is 2.05. The SMILES string of the molecule is Cc1ccc(C=C(C=O)c2ccccc2)cc1. The van der Waals surface area contributed by atoms with E-state index >= 15 is 0 Å². The fourth-order valence-electron chi connectivity index (χ4n) is 1.66. The van der Waals surface area contributed by atoms with E-state index in [1.165, 1.54) is 5.56 Å². The molecule has 2 aromatic rings. The van der Waals surface area contributed by atoms with Crippen LogP contribution in [0, 0.1) is 6.92 Å². The van der Waals surface area contributed by atoms with E-state index < -0.39 is 0 Å². The maximum absolute atomic E-state index is 11.1. The summed E-state index contributed by atoms with van der Waals surface area (Å²) in [5.74, 6) is 0. The van der Waals surface area contributed by atoms with Crippen molar-refractivity contribution in [3.63, 3.8) is 0 Å². The Bertz CT molecular complexity index is 521. The largest absolute Gasteiger partial charge is 0.298 e. The van der Waals surface area contributed by atoms with Crippen LogP contribution < -0.4 is 0 Å². The Kier molecular flexibility index (Phi) is 3.51. The molecule has 0 unspecified atom stereocenters. The van der Waals surface area contributed by atoms with E-state index in [0.29, 0.717) is 5.57 Å². The van der Waals surface area contributed by atoms with Crippen molar-refractivity contribution in [1.82, 2.24) is 0 Å². The normalized spacial score (nSPS) is 11.2. The molecule has 84 valence electrons. The van der Waals surface area contributed by atoms with Gasteiger partial charge in [0.2, 0.25) is 0 Å². The molecule has 0 aliphatic heterocycles. The average molecular weight is 222 g/mol. The van der Waals surface area contributed by atoms with Gasteiger partial charge in [0.1, 0.15) is 0 Å². The molecule has 1 heteroatoms. The summed E-state index contributed by atoms with van der Waals surface area (Å²) in [6, 6.07) is 17.8. The van der Waals surface area contributed by atoms with Gasteiger partial charge in [0.15, 0.2) is 6.29 Å². The lowest BCUT2D eigenvalue weighted by atomic mass is 10.0. The third-order valence-corrected chi connectivity index (χ3v) is 2.63. The van der Waals surface area contributed by atoms with Gasteiger partial charge in [-0.05, 0) is 24.1 Å². The van der Waals surface area contributed by atoms with Crippen LogP contribution in [0.2, 0.25) is 0 Å². The molecule has 0 aliphatic rings. The lowest BCUT2D eigenvalue weighted by Gasteiger charge is -2.01. The molecule has 0 bridgehead atoms. The van der Waals surface area contributed by atoms with Crippen molar-refractivity contribution in [2.75, 3.05) is 0 Å². The number of carbonyl (C=O) groups is 1. The van der Waals surface area contributed by atoms with E-state index in [1.54, 1.807) is 0 Å². The molecule has 2 rings (SSSR count). The molecule has 0 aromatic heterocycles. The zero-order chi connectivity index (χ0) is 12.1.